The lowest BCUT2D eigenvalue weighted by Crippen LogP contribution is -2.08. The first-order valence-corrected chi connectivity index (χ1v) is 4.73. The molecule has 0 aliphatic carbocycles. The zero-order valence-corrected chi connectivity index (χ0v) is 9.33. The molecule has 0 radical (unpaired) electrons. The van der Waals surface area contributed by atoms with E-state index in [1.807, 2.05) is 0 Å². The first kappa shape index (κ1) is 12.3. The Morgan fingerprint density at radius 3 is 2.31 bits per heavy atom. The van der Waals surface area contributed by atoms with Crippen LogP contribution in [0, 0.1) is 5.82 Å². The summed E-state index contributed by atoms with van der Waals surface area (Å²) in [6.45, 7) is 1.79. The molecule has 4 nitrogen and oxygen atoms in total. The molecule has 0 atom stereocenters. The number of carbonyl (C=O) groups is 1. The Bertz CT molecular complexity index is 415. The van der Waals surface area contributed by atoms with Gasteiger partial charge in [0.15, 0.2) is 11.6 Å². The highest BCUT2D eigenvalue weighted by Gasteiger charge is 2.24. The average molecular weight is 228 g/mol. The molecule has 1 N–H and O–H groups in total. The second kappa shape index (κ2) is 4.83. The fourth-order valence-electron chi connectivity index (χ4n) is 1.56. The number of hydrogen-bond acceptors (Lipinski definition) is 3. The smallest absolute Gasteiger partial charge is 0.343 e. The Labute approximate surface area is 92.6 Å². The molecule has 0 heterocycles. The first-order valence-electron chi connectivity index (χ1n) is 4.73. The Morgan fingerprint density at radius 1 is 1.38 bits per heavy atom. The summed E-state index contributed by atoms with van der Waals surface area (Å²) in [5, 5.41) is 9.03. The van der Waals surface area contributed by atoms with Crippen molar-refractivity contribution in [1.29, 1.82) is 0 Å². The molecule has 88 valence electrons. The maximum Gasteiger partial charge on any atom is 0.343 e. The SMILES string of the molecule is CCc1cc(F)c(OC)c(C(=O)O)c1OC. The lowest BCUT2D eigenvalue weighted by Gasteiger charge is -2.14. The zero-order valence-electron chi connectivity index (χ0n) is 9.33. The second-order valence-electron chi connectivity index (χ2n) is 3.12. The van der Waals surface area contributed by atoms with E-state index in [9.17, 15) is 9.18 Å². The molecule has 0 aliphatic rings. The molecule has 0 spiro atoms. The summed E-state index contributed by atoms with van der Waals surface area (Å²) in [6, 6.07) is 1.23. The molecule has 16 heavy (non-hydrogen) atoms. The van der Waals surface area contributed by atoms with Gasteiger partial charge in [-0.1, -0.05) is 6.92 Å². The summed E-state index contributed by atoms with van der Waals surface area (Å²) < 4.78 is 23.3. The lowest BCUT2D eigenvalue weighted by molar-refractivity contribution is 0.0688. The van der Waals surface area contributed by atoms with Gasteiger partial charge in [-0.2, -0.15) is 0 Å². The van der Waals surface area contributed by atoms with Gasteiger partial charge >= 0.3 is 5.97 Å². The molecule has 0 saturated heterocycles. The van der Waals surface area contributed by atoms with Gasteiger partial charge in [0.05, 0.1) is 14.2 Å². The Hall–Kier alpha value is -1.78. The van der Waals surface area contributed by atoms with Crippen LogP contribution in [0.4, 0.5) is 4.39 Å². The number of ether oxygens (including phenoxy) is 2. The highest BCUT2D eigenvalue weighted by Crippen LogP contribution is 2.35. The molecular formula is C11H13FO4. The molecule has 0 amide bonds. The van der Waals surface area contributed by atoms with Crippen molar-refractivity contribution in [3.63, 3.8) is 0 Å². The molecule has 5 heteroatoms. The summed E-state index contributed by atoms with van der Waals surface area (Å²) in [6.07, 6.45) is 0.477. The molecule has 0 aliphatic heterocycles. The van der Waals surface area contributed by atoms with E-state index in [1.165, 1.54) is 20.3 Å². The molecule has 0 fully saturated rings. The van der Waals surface area contributed by atoms with E-state index in [-0.39, 0.29) is 17.1 Å². The van der Waals surface area contributed by atoms with Crippen molar-refractivity contribution in [1.82, 2.24) is 0 Å². The van der Waals surface area contributed by atoms with Crippen LogP contribution in [0.2, 0.25) is 0 Å². The number of rotatable bonds is 4. The fourth-order valence-corrected chi connectivity index (χ4v) is 1.56. The standard InChI is InChI=1S/C11H13FO4/c1-4-6-5-7(12)10(16-3)8(11(13)14)9(6)15-2/h5H,4H2,1-3H3,(H,13,14). The fraction of sp³-hybridized carbons (Fsp3) is 0.364. The molecule has 0 bridgehead atoms. The molecular weight excluding hydrogens is 215 g/mol. The quantitative estimate of drug-likeness (QED) is 0.857. The molecule has 0 unspecified atom stereocenters. The van der Waals surface area contributed by atoms with Crippen molar-refractivity contribution in [3.8, 4) is 11.5 Å². The average Bonchev–Trinajstić information content (AvgIpc) is 2.27. The zero-order chi connectivity index (χ0) is 12.3. The number of aromatic carboxylic acids is 1. The van der Waals surface area contributed by atoms with E-state index in [4.69, 9.17) is 14.6 Å². The Balaban J connectivity index is 3.60. The van der Waals surface area contributed by atoms with Crippen LogP contribution in [-0.2, 0) is 6.42 Å². The van der Waals surface area contributed by atoms with E-state index >= 15 is 0 Å². The van der Waals surface area contributed by atoms with E-state index < -0.39 is 11.8 Å². The third kappa shape index (κ3) is 1.93. The van der Waals surface area contributed by atoms with E-state index in [2.05, 4.69) is 0 Å². The predicted molar refractivity (Wildman–Crippen MR) is 55.8 cm³/mol. The van der Waals surface area contributed by atoms with E-state index in [1.54, 1.807) is 6.92 Å². The van der Waals surface area contributed by atoms with Gasteiger partial charge in [0, 0.05) is 0 Å². The number of methoxy groups -OCH3 is 2. The van der Waals surface area contributed by atoms with Crippen LogP contribution in [-0.4, -0.2) is 25.3 Å². The number of benzene rings is 1. The summed E-state index contributed by atoms with van der Waals surface area (Å²) in [5.74, 6) is -2.13. The van der Waals surface area contributed by atoms with Crippen LogP contribution in [0.1, 0.15) is 22.8 Å². The maximum atomic E-state index is 13.5. The van der Waals surface area contributed by atoms with Crippen LogP contribution >= 0.6 is 0 Å². The molecule has 1 rings (SSSR count). The highest BCUT2D eigenvalue weighted by molar-refractivity contribution is 5.95. The minimum absolute atomic E-state index is 0.147. The van der Waals surface area contributed by atoms with Gasteiger partial charge in [0.1, 0.15) is 11.3 Å². The topological polar surface area (TPSA) is 55.8 Å². The van der Waals surface area contributed by atoms with Gasteiger partial charge < -0.3 is 14.6 Å². The Morgan fingerprint density at radius 2 is 1.94 bits per heavy atom. The summed E-state index contributed by atoms with van der Waals surface area (Å²) in [7, 11) is 2.56. The monoisotopic (exact) mass is 228 g/mol. The van der Waals surface area contributed by atoms with E-state index in [0.717, 1.165) is 0 Å². The van der Waals surface area contributed by atoms with Gasteiger partial charge in [-0.25, -0.2) is 9.18 Å². The van der Waals surface area contributed by atoms with Crippen LogP contribution < -0.4 is 9.47 Å². The predicted octanol–water partition coefficient (Wildman–Crippen LogP) is 2.10. The third-order valence-electron chi connectivity index (χ3n) is 2.27. The van der Waals surface area contributed by atoms with Crippen LogP contribution in [0.25, 0.3) is 0 Å². The van der Waals surface area contributed by atoms with Crippen molar-refractivity contribution in [2.75, 3.05) is 14.2 Å². The summed E-state index contributed by atoms with van der Waals surface area (Å²) >= 11 is 0. The van der Waals surface area contributed by atoms with Gasteiger partial charge in [-0.3, -0.25) is 0 Å². The van der Waals surface area contributed by atoms with Crippen molar-refractivity contribution < 1.29 is 23.8 Å². The minimum Gasteiger partial charge on any atom is -0.495 e. The number of aryl methyl sites for hydroxylation is 1. The van der Waals surface area contributed by atoms with Crippen molar-refractivity contribution in [2.45, 2.75) is 13.3 Å². The molecule has 0 saturated carbocycles. The number of halogens is 1. The van der Waals surface area contributed by atoms with Crippen LogP contribution in [0.15, 0.2) is 6.07 Å². The summed E-state index contributed by atoms with van der Waals surface area (Å²) in [5.41, 5.74) is 0.222. The van der Waals surface area contributed by atoms with Gasteiger partial charge in [0.2, 0.25) is 0 Å². The van der Waals surface area contributed by atoms with E-state index in [0.29, 0.717) is 12.0 Å². The van der Waals surface area contributed by atoms with Gasteiger partial charge in [-0.15, -0.1) is 0 Å². The number of hydrogen-bond donors (Lipinski definition) is 1. The first-order chi connectivity index (χ1) is 7.56. The third-order valence-corrected chi connectivity index (χ3v) is 2.27. The normalized spacial score (nSPS) is 10.0. The lowest BCUT2D eigenvalue weighted by atomic mass is 10.0. The molecule has 1 aromatic carbocycles. The second-order valence-corrected chi connectivity index (χ2v) is 3.12. The largest absolute Gasteiger partial charge is 0.495 e. The van der Waals surface area contributed by atoms with Crippen molar-refractivity contribution >= 4 is 5.97 Å². The number of carboxylic acid groups (broad SMARTS) is 1. The highest BCUT2D eigenvalue weighted by atomic mass is 19.1. The minimum atomic E-state index is -1.28. The Kier molecular flexibility index (Phi) is 3.71. The maximum absolute atomic E-state index is 13.5. The van der Waals surface area contributed by atoms with Gasteiger partial charge in [-0.05, 0) is 18.1 Å². The van der Waals surface area contributed by atoms with Crippen molar-refractivity contribution in [3.05, 3.63) is 23.0 Å². The summed E-state index contributed by atoms with van der Waals surface area (Å²) in [4.78, 5) is 11.1. The number of carboxylic acids is 1. The molecule has 1 aromatic rings. The van der Waals surface area contributed by atoms with Crippen molar-refractivity contribution in [2.24, 2.45) is 0 Å². The van der Waals surface area contributed by atoms with Crippen LogP contribution in [0.5, 0.6) is 11.5 Å². The van der Waals surface area contributed by atoms with Gasteiger partial charge in [0.25, 0.3) is 0 Å². The van der Waals surface area contributed by atoms with Crippen LogP contribution in [0.3, 0.4) is 0 Å². The molecule has 0 aromatic heterocycles.